The lowest BCUT2D eigenvalue weighted by atomic mass is 10.2. The third kappa shape index (κ3) is 2.61. The first-order chi connectivity index (χ1) is 10.9. The summed E-state index contributed by atoms with van der Waals surface area (Å²) in [6.45, 7) is 2.95. The summed E-state index contributed by atoms with van der Waals surface area (Å²) in [5.74, 6) is 3.02. The quantitative estimate of drug-likeness (QED) is 0.923. The smallest absolute Gasteiger partial charge is 0.247 e. The fourth-order valence-corrected chi connectivity index (χ4v) is 2.67. The van der Waals surface area contributed by atoms with E-state index in [4.69, 9.17) is 9.47 Å². The van der Waals surface area contributed by atoms with Gasteiger partial charge in [-0.25, -0.2) is 0 Å². The van der Waals surface area contributed by atoms with Crippen LogP contribution in [0.2, 0.25) is 0 Å². The van der Waals surface area contributed by atoms with Crippen LogP contribution in [-0.2, 0) is 6.54 Å². The van der Waals surface area contributed by atoms with E-state index >= 15 is 0 Å². The molecular weight excluding hydrogens is 282 g/mol. The lowest BCUT2D eigenvalue weighted by Gasteiger charge is -2.14. The zero-order chi connectivity index (χ0) is 14.8. The van der Waals surface area contributed by atoms with Crippen LogP contribution in [0.25, 0.3) is 0 Å². The summed E-state index contributed by atoms with van der Waals surface area (Å²) in [6.07, 6.45) is 4.03. The maximum Gasteiger partial charge on any atom is 0.247 e. The van der Waals surface area contributed by atoms with E-state index in [1.807, 2.05) is 18.2 Å². The molecule has 1 saturated heterocycles. The van der Waals surface area contributed by atoms with Crippen molar-refractivity contribution in [1.82, 2.24) is 15.2 Å². The molecule has 0 amide bonds. The lowest BCUT2D eigenvalue weighted by Crippen LogP contribution is -2.21. The number of rotatable bonds is 4. The molecule has 1 fully saturated rings. The van der Waals surface area contributed by atoms with Crippen molar-refractivity contribution in [2.24, 2.45) is 0 Å². The molecule has 2 aromatic rings. The van der Waals surface area contributed by atoms with Gasteiger partial charge >= 0.3 is 0 Å². The number of benzene rings is 1. The van der Waals surface area contributed by atoms with Gasteiger partial charge in [0.05, 0.1) is 6.20 Å². The van der Waals surface area contributed by atoms with E-state index in [2.05, 4.69) is 25.4 Å². The number of ether oxygens (including phenoxy) is 2. The molecule has 4 rings (SSSR count). The Morgan fingerprint density at radius 2 is 2.00 bits per heavy atom. The van der Waals surface area contributed by atoms with Gasteiger partial charge in [-0.2, -0.15) is 10.1 Å². The molecule has 114 valence electrons. The average Bonchev–Trinajstić information content (AvgIpc) is 3.24. The zero-order valence-corrected chi connectivity index (χ0v) is 12.2. The summed E-state index contributed by atoms with van der Waals surface area (Å²) in [4.78, 5) is 6.69. The fraction of sp³-hybridized carbons (Fsp3) is 0.400. The van der Waals surface area contributed by atoms with Crippen LogP contribution in [0.5, 0.6) is 11.5 Å². The van der Waals surface area contributed by atoms with Crippen LogP contribution >= 0.6 is 0 Å². The number of anilines is 2. The monoisotopic (exact) mass is 299 g/mol. The molecule has 2 aliphatic heterocycles. The number of nitrogens with one attached hydrogen (secondary N) is 1. The van der Waals surface area contributed by atoms with Crippen molar-refractivity contribution in [3.05, 3.63) is 30.0 Å². The molecule has 1 aromatic carbocycles. The first kappa shape index (κ1) is 13.1. The van der Waals surface area contributed by atoms with Gasteiger partial charge in [0, 0.05) is 19.6 Å². The van der Waals surface area contributed by atoms with Crippen molar-refractivity contribution in [2.75, 3.05) is 30.1 Å². The van der Waals surface area contributed by atoms with Crippen LogP contribution in [0.15, 0.2) is 24.4 Å². The Hall–Kier alpha value is -2.57. The number of hydrogen-bond acceptors (Lipinski definition) is 7. The summed E-state index contributed by atoms with van der Waals surface area (Å²) in [5.41, 5.74) is 1.10. The van der Waals surface area contributed by atoms with Crippen molar-refractivity contribution in [1.29, 1.82) is 0 Å². The molecule has 7 heteroatoms. The normalized spacial score (nSPS) is 16.1. The Morgan fingerprint density at radius 3 is 2.91 bits per heavy atom. The third-order valence-corrected chi connectivity index (χ3v) is 3.85. The first-order valence-electron chi connectivity index (χ1n) is 7.45. The molecule has 2 aliphatic rings. The Morgan fingerprint density at radius 1 is 1.14 bits per heavy atom. The summed E-state index contributed by atoms with van der Waals surface area (Å²) in [6, 6.07) is 5.91. The third-order valence-electron chi connectivity index (χ3n) is 3.85. The highest BCUT2D eigenvalue weighted by molar-refractivity contribution is 5.46. The maximum absolute atomic E-state index is 5.38. The summed E-state index contributed by atoms with van der Waals surface area (Å²) in [5, 5.41) is 11.4. The highest BCUT2D eigenvalue weighted by Crippen LogP contribution is 2.32. The summed E-state index contributed by atoms with van der Waals surface area (Å²) >= 11 is 0. The minimum atomic E-state index is 0.293. The van der Waals surface area contributed by atoms with Crippen LogP contribution in [0.3, 0.4) is 0 Å². The van der Waals surface area contributed by atoms with Gasteiger partial charge in [0.2, 0.25) is 12.7 Å². The van der Waals surface area contributed by atoms with E-state index in [0.717, 1.165) is 36.0 Å². The van der Waals surface area contributed by atoms with Crippen molar-refractivity contribution in [3.63, 3.8) is 0 Å². The van der Waals surface area contributed by atoms with Crippen LogP contribution in [0.1, 0.15) is 18.4 Å². The van der Waals surface area contributed by atoms with Gasteiger partial charge in [0.1, 0.15) is 0 Å². The number of aromatic nitrogens is 3. The minimum Gasteiger partial charge on any atom is -0.454 e. The van der Waals surface area contributed by atoms with Gasteiger partial charge in [-0.05, 0) is 30.5 Å². The van der Waals surface area contributed by atoms with Crippen LogP contribution in [0.4, 0.5) is 11.8 Å². The second-order valence-corrected chi connectivity index (χ2v) is 5.38. The topological polar surface area (TPSA) is 72.4 Å². The predicted octanol–water partition coefficient (Wildman–Crippen LogP) is 1.81. The van der Waals surface area contributed by atoms with Crippen molar-refractivity contribution < 1.29 is 9.47 Å². The maximum atomic E-state index is 5.38. The Balaban J connectivity index is 1.44. The second-order valence-electron chi connectivity index (χ2n) is 5.38. The molecule has 0 aliphatic carbocycles. The zero-order valence-electron chi connectivity index (χ0n) is 12.2. The van der Waals surface area contributed by atoms with E-state index in [9.17, 15) is 0 Å². The highest BCUT2D eigenvalue weighted by Gasteiger charge is 2.16. The first-order valence-corrected chi connectivity index (χ1v) is 7.45. The molecule has 0 unspecified atom stereocenters. The minimum absolute atomic E-state index is 0.293. The van der Waals surface area contributed by atoms with E-state index in [-0.39, 0.29) is 0 Å². The Labute approximate surface area is 128 Å². The van der Waals surface area contributed by atoms with E-state index in [0.29, 0.717) is 19.3 Å². The fourth-order valence-electron chi connectivity index (χ4n) is 2.67. The van der Waals surface area contributed by atoms with Crippen molar-refractivity contribution in [2.45, 2.75) is 19.4 Å². The molecule has 3 heterocycles. The molecule has 7 nitrogen and oxygen atoms in total. The van der Waals surface area contributed by atoms with Crippen LogP contribution < -0.4 is 19.7 Å². The molecule has 0 spiro atoms. The van der Waals surface area contributed by atoms with Crippen LogP contribution in [0, 0.1) is 0 Å². The lowest BCUT2D eigenvalue weighted by molar-refractivity contribution is 0.174. The second kappa shape index (κ2) is 5.67. The summed E-state index contributed by atoms with van der Waals surface area (Å²) < 4.78 is 10.7. The van der Waals surface area contributed by atoms with E-state index in [1.165, 1.54) is 12.8 Å². The van der Waals surface area contributed by atoms with Gasteiger partial charge in [-0.15, -0.1) is 5.10 Å². The van der Waals surface area contributed by atoms with Gasteiger partial charge < -0.3 is 19.7 Å². The number of fused-ring (bicyclic) bond motifs is 1. The molecule has 1 N–H and O–H groups in total. The van der Waals surface area contributed by atoms with Crippen LogP contribution in [-0.4, -0.2) is 35.1 Å². The highest BCUT2D eigenvalue weighted by atomic mass is 16.7. The van der Waals surface area contributed by atoms with Gasteiger partial charge in [0.15, 0.2) is 17.3 Å². The Bertz CT molecular complexity index is 673. The average molecular weight is 299 g/mol. The number of hydrogen-bond donors (Lipinski definition) is 1. The SMILES string of the molecule is c1cc2c(cc1CNc1cnnc(N3CCCC3)n1)OCO2. The van der Waals surface area contributed by atoms with Crippen molar-refractivity contribution in [3.8, 4) is 11.5 Å². The summed E-state index contributed by atoms with van der Waals surface area (Å²) in [7, 11) is 0. The molecule has 0 bridgehead atoms. The predicted molar refractivity (Wildman–Crippen MR) is 81.2 cm³/mol. The Kier molecular flexibility index (Phi) is 3.38. The number of nitrogens with zero attached hydrogens (tertiary/aromatic N) is 4. The molecule has 0 atom stereocenters. The standard InChI is InChI=1S/C15H17N5O2/c1-2-6-20(5-1)15-18-14(9-17-19-15)16-8-11-3-4-12-13(7-11)22-10-21-12/h3-4,7,9H,1-2,5-6,8,10H2,(H,16,18,19). The van der Waals surface area contributed by atoms with Gasteiger partial charge in [-0.3, -0.25) is 0 Å². The van der Waals surface area contributed by atoms with Crippen molar-refractivity contribution >= 4 is 11.8 Å². The molecule has 22 heavy (non-hydrogen) atoms. The van der Waals surface area contributed by atoms with E-state index < -0.39 is 0 Å². The molecule has 1 aromatic heterocycles. The van der Waals surface area contributed by atoms with E-state index in [1.54, 1.807) is 6.20 Å². The van der Waals surface area contributed by atoms with Gasteiger partial charge in [-0.1, -0.05) is 6.07 Å². The molecule has 0 radical (unpaired) electrons. The molecule has 0 saturated carbocycles. The van der Waals surface area contributed by atoms with Gasteiger partial charge in [0.25, 0.3) is 0 Å². The largest absolute Gasteiger partial charge is 0.454 e. The molecular formula is C15H17N5O2.